The van der Waals surface area contributed by atoms with Crippen LogP contribution < -0.4 is 10.7 Å². The molecule has 7 heteroatoms. The quantitative estimate of drug-likeness (QED) is 0.107. The van der Waals surface area contributed by atoms with Crippen LogP contribution in [0.15, 0.2) is 117 Å². The summed E-state index contributed by atoms with van der Waals surface area (Å²) in [6.07, 6.45) is 7.26. The van der Waals surface area contributed by atoms with Gasteiger partial charge in [0.25, 0.3) is 10.1 Å². The minimum atomic E-state index is -4.49. The van der Waals surface area contributed by atoms with Gasteiger partial charge in [-0.2, -0.15) is 8.42 Å². The Balaban J connectivity index is 1.74. The van der Waals surface area contributed by atoms with Gasteiger partial charge in [-0.15, -0.1) is 0 Å². The zero-order valence-electron chi connectivity index (χ0n) is 25.0. The smallest absolute Gasteiger partial charge is 0.295 e. The van der Waals surface area contributed by atoms with E-state index < -0.39 is 10.1 Å². The van der Waals surface area contributed by atoms with Crippen molar-refractivity contribution in [3.63, 3.8) is 0 Å². The van der Waals surface area contributed by atoms with E-state index in [1.807, 2.05) is 68.4 Å². The first kappa shape index (κ1) is 30.0. The molecule has 0 saturated heterocycles. The number of nitrogens with zero attached hydrogens (tertiary/aromatic N) is 1. The Hall–Kier alpha value is -4.46. The van der Waals surface area contributed by atoms with Crippen molar-refractivity contribution < 1.29 is 17.4 Å². The number of fused-ring (bicyclic) bond motifs is 2. The Morgan fingerprint density at radius 3 is 2.44 bits per heavy atom. The lowest BCUT2D eigenvalue weighted by Crippen LogP contribution is -2.16. The highest BCUT2D eigenvalue weighted by atomic mass is 32.2. The topological polar surface area (TPSA) is 91.9 Å². The average molecular weight is 593 g/mol. The molecule has 0 spiro atoms. The van der Waals surface area contributed by atoms with Crippen molar-refractivity contribution in [1.82, 2.24) is 0 Å². The number of benzene rings is 4. The maximum Gasteiger partial charge on any atom is 0.295 e. The summed E-state index contributed by atoms with van der Waals surface area (Å²) < 4.78 is 41.5. The van der Waals surface area contributed by atoms with Crippen LogP contribution in [0, 0.1) is 13.8 Å². The zero-order chi connectivity index (χ0) is 30.7. The van der Waals surface area contributed by atoms with Gasteiger partial charge in [0.05, 0.1) is 11.0 Å². The molecule has 3 aromatic rings. The van der Waals surface area contributed by atoms with Gasteiger partial charge in [0.2, 0.25) is 0 Å². The lowest BCUT2D eigenvalue weighted by atomic mass is 9.93. The summed E-state index contributed by atoms with van der Waals surface area (Å²) in [5.41, 5.74) is 7.41. The Morgan fingerprint density at radius 2 is 1.72 bits per heavy atom. The maximum absolute atomic E-state index is 12.5. The van der Waals surface area contributed by atoms with Crippen molar-refractivity contribution in [2.45, 2.75) is 52.0 Å². The number of hydrogen-bond acceptors (Lipinski definition) is 5. The van der Waals surface area contributed by atoms with Crippen molar-refractivity contribution in [3.05, 3.63) is 119 Å². The van der Waals surface area contributed by atoms with Crippen LogP contribution >= 0.6 is 0 Å². The fourth-order valence-electron chi connectivity index (χ4n) is 5.20. The van der Waals surface area contributed by atoms with Crippen LogP contribution in [-0.4, -0.2) is 19.0 Å². The molecular formula is C36H36N2O4S. The highest BCUT2D eigenvalue weighted by Crippen LogP contribution is 2.42. The molecule has 6 nitrogen and oxygen atoms in total. The standard InChI is InChI=1S/C36H36N2O4S/c1-6-7-8-12-23(2)26(5)37-27-17-19-29-32(21-27)42-33-22-28(38-36-24(3)13-11-14-25(36)4)18-20-30(33)35(29)31-15-9-10-16-34(31)43(39,40)41/h7-22,26,37H,6H2,1-5H3,(H,39,40,41)/b8-7-,23-12-,38-28?. The predicted molar refractivity (Wildman–Crippen MR) is 175 cm³/mol. The highest BCUT2D eigenvalue weighted by Gasteiger charge is 2.23. The van der Waals surface area contributed by atoms with Crippen molar-refractivity contribution in [2.75, 3.05) is 5.32 Å². The van der Waals surface area contributed by atoms with Crippen LogP contribution in [0.3, 0.4) is 0 Å². The van der Waals surface area contributed by atoms with E-state index in [-0.39, 0.29) is 10.9 Å². The molecule has 0 saturated carbocycles. The third kappa shape index (κ3) is 6.48. The van der Waals surface area contributed by atoms with Gasteiger partial charge in [0.15, 0.2) is 0 Å². The number of allylic oxidation sites excluding steroid dienone is 3. The molecule has 0 aromatic heterocycles. The summed E-state index contributed by atoms with van der Waals surface area (Å²) in [6, 6.07) is 24.1. The fraction of sp³-hybridized carbons (Fsp3) is 0.194. The second-order valence-corrected chi connectivity index (χ2v) is 12.2. The fourth-order valence-corrected chi connectivity index (χ4v) is 5.90. The molecule has 1 aliphatic heterocycles. The SMILES string of the molecule is CC/C=C\C=C(\C)C(C)Nc1ccc2c(-c3ccccc3S(=O)(=O)O)c3ccc(=Nc4c(C)cccc4C)cc-3oc2c1. The molecule has 1 atom stereocenters. The Labute approximate surface area is 253 Å². The van der Waals surface area contributed by atoms with Crippen LogP contribution in [0.4, 0.5) is 11.4 Å². The number of rotatable bonds is 8. The van der Waals surface area contributed by atoms with Crippen LogP contribution in [0.5, 0.6) is 0 Å². The van der Waals surface area contributed by atoms with Gasteiger partial charge in [-0.25, -0.2) is 4.99 Å². The van der Waals surface area contributed by atoms with Gasteiger partial charge in [0, 0.05) is 45.9 Å². The monoisotopic (exact) mass is 592 g/mol. The molecule has 220 valence electrons. The van der Waals surface area contributed by atoms with Gasteiger partial charge in [-0.1, -0.05) is 67.1 Å². The van der Waals surface area contributed by atoms with Gasteiger partial charge in [-0.05, 0) is 75.6 Å². The third-order valence-corrected chi connectivity index (χ3v) is 8.53. The first-order valence-corrected chi connectivity index (χ1v) is 15.8. The molecular weight excluding hydrogens is 556 g/mol. The second kappa shape index (κ2) is 12.4. The van der Waals surface area contributed by atoms with Crippen molar-refractivity contribution in [3.8, 4) is 22.5 Å². The van der Waals surface area contributed by atoms with E-state index in [4.69, 9.17) is 9.41 Å². The summed E-state index contributed by atoms with van der Waals surface area (Å²) >= 11 is 0. The lowest BCUT2D eigenvalue weighted by molar-refractivity contribution is 0.483. The van der Waals surface area contributed by atoms with E-state index in [0.717, 1.165) is 34.3 Å². The highest BCUT2D eigenvalue weighted by molar-refractivity contribution is 7.86. The predicted octanol–water partition coefficient (Wildman–Crippen LogP) is 9.01. The number of aryl methyl sites for hydroxylation is 2. The molecule has 0 amide bonds. The average Bonchev–Trinajstić information content (AvgIpc) is 2.97. The molecule has 1 aliphatic carbocycles. The largest absolute Gasteiger partial charge is 0.456 e. The zero-order valence-corrected chi connectivity index (χ0v) is 25.9. The minimum Gasteiger partial charge on any atom is -0.456 e. The molecule has 0 bridgehead atoms. The van der Waals surface area contributed by atoms with E-state index in [1.165, 1.54) is 11.6 Å². The lowest BCUT2D eigenvalue weighted by Gasteiger charge is -2.19. The van der Waals surface area contributed by atoms with Gasteiger partial charge in [-0.3, -0.25) is 4.55 Å². The summed E-state index contributed by atoms with van der Waals surface area (Å²) in [5, 5.41) is 4.98. The van der Waals surface area contributed by atoms with Crippen molar-refractivity contribution in [1.29, 1.82) is 0 Å². The molecule has 2 aliphatic rings. The van der Waals surface area contributed by atoms with Crippen molar-refractivity contribution >= 4 is 32.5 Å². The minimum absolute atomic E-state index is 0.0712. The first-order chi connectivity index (χ1) is 20.6. The molecule has 1 heterocycles. The molecule has 43 heavy (non-hydrogen) atoms. The van der Waals surface area contributed by atoms with Crippen LogP contribution in [0.1, 0.15) is 38.3 Å². The molecule has 1 unspecified atom stereocenters. The second-order valence-electron chi connectivity index (χ2n) is 10.8. The van der Waals surface area contributed by atoms with E-state index in [2.05, 4.69) is 44.3 Å². The van der Waals surface area contributed by atoms with E-state index in [9.17, 15) is 13.0 Å². The normalized spacial score (nSPS) is 13.7. The number of para-hydroxylation sites is 1. The Bertz CT molecular complexity index is 2000. The number of nitrogens with one attached hydrogen (secondary N) is 1. The Morgan fingerprint density at radius 1 is 0.977 bits per heavy atom. The van der Waals surface area contributed by atoms with Crippen LogP contribution in [0.25, 0.3) is 33.4 Å². The van der Waals surface area contributed by atoms with E-state index >= 15 is 0 Å². The van der Waals surface area contributed by atoms with Crippen LogP contribution in [-0.2, 0) is 10.1 Å². The third-order valence-electron chi connectivity index (χ3n) is 7.62. The first-order valence-electron chi connectivity index (χ1n) is 14.3. The molecule has 2 N–H and O–H groups in total. The molecule has 3 aromatic carbocycles. The van der Waals surface area contributed by atoms with Crippen molar-refractivity contribution in [2.24, 2.45) is 4.99 Å². The summed E-state index contributed by atoms with van der Waals surface area (Å²) in [6.45, 7) is 10.3. The molecule has 5 rings (SSSR count). The summed E-state index contributed by atoms with van der Waals surface area (Å²) in [7, 11) is -4.49. The molecule has 0 fully saturated rings. The van der Waals surface area contributed by atoms with E-state index in [0.29, 0.717) is 33.4 Å². The van der Waals surface area contributed by atoms with E-state index in [1.54, 1.807) is 18.2 Å². The molecule has 0 radical (unpaired) electrons. The van der Waals surface area contributed by atoms with Crippen LogP contribution in [0.2, 0.25) is 0 Å². The summed E-state index contributed by atoms with van der Waals surface area (Å²) in [4.78, 5) is 4.75. The van der Waals surface area contributed by atoms with Gasteiger partial charge in [0.1, 0.15) is 16.2 Å². The number of anilines is 1. The maximum atomic E-state index is 12.5. The Kier molecular flexibility index (Phi) is 8.67. The summed E-state index contributed by atoms with van der Waals surface area (Å²) in [5.74, 6) is 0.547. The number of hydrogen-bond donors (Lipinski definition) is 2. The van der Waals surface area contributed by atoms with Gasteiger partial charge < -0.3 is 9.73 Å². The van der Waals surface area contributed by atoms with Gasteiger partial charge >= 0.3 is 0 Å².